The molecule has 1 aromatic heterocycles. The summed E-state index contributed by atoms with van der Waals surface area (Å²) in [5.41, 5.74) is 5.35. The zero-order valence-corrected chi connectivity index (χ0v) is 14.9. The van der Waals surface area contributed by atoms with Gasteiger partial charge < -0.3 is 10.3 Å². The SMILES string of the molecule is CC(C)n1cnc(S(=O)(=O)N2CC(N3CCC(C(N)=O)CC3)C2)c1. The number of rotatable bonds is 5. The Morgan fingerprint density at radius 2 is 1.92 bits per heavy atom. The number of sulfonamides is 1. The smallest absolute Gasteiger partial charge is 0.262 e. The average Bonchev–Trinajstić information content (AvgIpc) is 2.96. The molecule has 134 valence electrons. The molecule has 8 nitrogen and oxygen atoms in total. The second-order valence-corrected chi connectivity index (χ2v) is 8.83. The maximum absolute atomic E-state index is 12.6. The lowest BCUT2D eigenvalue weighted by molar-refractivity contribution is -0.123. The van der Waals surface area contributed by atoms with Crippen LogP contribution >= 0.6 is 0 Å². The van der Waals surface area contributed by atoms with E-state index in [1.807, 2.05) is 13.8 Å². The lowest BCUT2D eigenvalue weighted by Crippen LogP contribution is -2.62. The van der Waals surface area contributed by atoms with E-state index in [1.165, 1.54) is 4.31 Å². The van der Waals surface area contributed by atoms with Gasteiger partial charge in [-0.05, 0) is 39.8 Å². The lowest BCUT2D eigenvalue weighted by atomic mass is 9.94. The standard InChI is InChI=1S/C15H25N5O3S/c1-11(2)19-9-14(17-10-19)24(22,23)20-7-13(8-20)18-5-3-12(4-6-18)15(16)21/h9-13H,3-8H2,1-2H3,(H2,16,21). The summed E-state index contributed by atoms with van der Waals surface area (Å²) in [6.45, 7) is 6.53. The number of carbonyl (C=O) groups is 1. The van der Waals surface area contributed by atoms with Crippen molar-refractivity contribution in [2.75, 3.05) is 26.2 Å². The van der Waals surface area contributed by atoms with Crippen molar-refractivity contribution in [3.05, 3.63) is 12.5 Å². The van der Waals surface area contributed by atoms with E-state index in [2.05, 4.69) is 9.88 Å². The van der Waals surface area contributed by atoms with Crippen molar-refractivity contribution in [3.63, 3.8) is 0 Å². The van der Waals surface area contributed by atoms with Crippen LogP contribution in [-0.2, 0) is 14.8 Å². The number of amides is 1. The van der Waals surface area contributed by atoms with Crippen LogP contribution in [0.4, 0.5) is 0 Å². The molecule has 0 saturated carbocycles. The van der Waals surface area contributed by atoms with Gasteiger partial charge in [0.15, 0.2) is 5.03 Å². The quantitative estimate of drug-likeness (QED) is 0.803. The van der Waals surface area contributed by atoms with E-state index < -0.39 is 10.0 Å². The summed E-state index contributed by atoms with van der Waals surface area (Å²) < 4.78 is 28.4. The van der Waals surface area contributed by atoms with Crippen LogP contribution in [0, 0.1) is 5.92 Å². The summed E-state index contributed by atoms with van der Waals surface area (Å²) in [6, 6.07) is 0.401. The van der Waals surface area contributed by atoms with Gasteiger partial charge >= 0.3 is 0 Å². The van der Waals surface area contributed by atoms with Crippen LogP contribution in [0.1, 0.15) is 32.7 Å². The van der Waals surface area contributed by atoms with Crippen LogP contribution in [0.3, 0.4) is 0 Å². The molecule has 0 spiro atoms. The van der Waals surface area contributed by atoms with E-state index >= 15 is 0 Å². The van der Waals surface area contributed by atoms with Gasteiger partial charge in [-0.1, -0.05) is 0 Å². The minimum absolute atomic E-state index is 0.0406. The lowest BCUT2D eigenvalue weighted by Gasteiger charge is -2.46. The van der Waals surface area contributed by atoms with E-state index in [0.717, 1.165) is 25.9 Å². The van der Waals surface area contributed by atoms with Gasteiger partial charge in [0.05, 0.1) is 6.33 Å². The first-order valence-corrected chi connectivity index (χ1v) is 9.80. The van der Waals surface area contributed by atoms with E-state index in [4.69, 9.17) is 5.73 Å². The Balaban J connectivity index is 1.57. The van der Waals surface area contributed by atoms with Gasteiger partial charge in [0, 0.05) is 37.3 Å². The Bertz CT molecular complexity index is 700. The first-order valence-electron chi connectivity index (χ1n) is 8.36. The monoisotopic (exact) mass is 355 g/mol. The molecule has 0 bridgehead atoms. The third-order valence-corrected chi connectivity index (χ3v) is 6.77. The highest BCUT2D eigenvalue weighted by Crippen LogP contribution is 2.27. The number of imidazole rings is 1. The Labute approximate surface area is 142 Å². The van der Waals surface area contributed by atoms with Crippen LogP contribution in [0.15, 0.2) is 17.6 Å². The highest BCUT2D eigenvalue weighted by molar-refractivity contribution is 7.89. The molecule has 2 aliphatic heterocycles. The predicted octanol–water partition coefficient (Wildman–Crippen LogP) is 0.0342. The Morgan fingerprint density at radius 1 is 1.29 bits per heavy atom. The summed E-state index contributed by atoms with van der Waals surface area (Å²) in [5, 5.41) is 0.113. The molecule has 0 atom stereocenters. The van der Waals surface area contributed by atoms with Crippen molar-refractivity contribution >= 4 is 15.9 Å². The first kappa shape index (κ1) is 17.4. The van der Waals surface area contributed by atoms with Crippen molar-refractivity contribution in [2.24, 2.45) is 11.7 Å². The van der Waals surface area contributed by atoms with Crippen LogP contribution in [-0.4, -0.2) is 65.3 Å². The normalized spacial score (nSPS) is 22.0. The molecule has 9 heteroatoms. The summed E-state index contributed by atoms with van der Waals surface area (Å²) in [5.74, 6) is -0.269. The number of hydrogen-bond acceptors (Lipinski definition) is 5. The van der Waals surface area contributed by atoms with E-state index in [1.54, 1.807) is 17.1 Å². The van der Waals surface area contributed by atoms with Crippen LogP contribution in [0.2, 0.25) is 0 Å². The third-order valence-electron chi connectivity index (χ3n) is 5.06. The fourth-order valence-corrected chi connectivity index (χ4v) is 4.70. The Hall–Kier alpha value is -1.45. The molecule has 0 aliphatic carbocycles. The van der Waals surface area contributed by atoms with E-state index in [0.29, 0.717) is 13.1 Å². The van der Waals surface area contributed by atoms with E-state index in [9.17, 15) is 13.2 Å². The van der Waals surface area contributed by atoms with Crippen LogP contribution < -0.4 is 5.73 Å². The molecule has 3 rings (SSSR count). The average molecular weight is 355 g/mol. The van der Waals surface area contributed by atoms with Crippen molar-refractivity contribution in [2.45, 2.75) is 43.8 Å². The van der Waals surface area contributed by atoms with Gasteiger partial charge in [0.1, 0.15) is 0 Å². The molecule has 2 saturated heterocycles. The number of nitrogens with two attached hydrogens (primary N) is 1. The second-order valence-electron chi connectivity index (χ2n) is 6.94. The Kier molecular flexibility index (Phi) is 4.67. The van der Waals surface area contributed by atoms with Crippen molar-refractivity contribution in [3.8, 4) is 0 Å². The van der Waals surface area contributed by atoms with Gasteiger partial charge in [-0.15, -0.1) is 0 Å². The minimum atomic E-state index is -3.51. The minimum Gasteiger partial charge on any atom is -0.369 e. The molecular weight excluding hydrogens is 330 g/mol. The third kappa shape index (κ3) is 3.20. The maximum Gasteiger partial charge on any atom is 0.262 e. The molecule has 24 heavy (non-hydrogen) atoms. The van der Waals surface area contributed by atoms with E-state index in [-0.39, 0.29) is 28.9 Å². The number of likely N-dealkylation sites (tertiary alicyclic amines) is 1. The fourth-order valence-electron chi connectivity index (χ4n) is 3.26. The molecule has 3 heterocycles. The van der Waals surface area contributed by atoms with Gasteiger partial charge in [-0.3, -0.25) is 9.69 Å². The number of piperidine rings is 1. The number of aromatic nitrogens is 2. The zero-order valence-electron chi connectivity index (χ0n) is 14.1. The summed E-state index contributed by atoms with van der Waals surface area (Å²) >= 11 is 0. The molecule has 1 aromatic rings. The Morgan fingerprint density at radius 3 is 2.42 bits per heavy atom. The second kappa shape index (κ2) is 6.45. The molecule has 2 aliphatic rings. The fraction of sp³-hybridized carbons (Fsp3) is 0.733. The topological polar surface area (TPSA) is 102 Å². The highest BCUT2D eigenvalue weighted by atomic mass is 32.2. The first-order chi connectivity index (χ1) is 11.3. The number of hydrogen-bond donors (Lipinski definition) is 1. The number of carbonyl (C=O) groups excluding carboxylic acids is 1. The molecule has 2 fully saturated rings. The molecular formula is C15H25N5O3S. The number of primary amides is 1. The highest BCUT2D eigenvalue weighted by Gasteiger charge is 2.41. The molecule has 2 N–H and O–H groups in total. The van der Waals surface area contributed by atoms with Crippen molar-refractivity contribution < 1.29 is 13.2 Å². The van der Waals surface area contributed by atoms with Crippen LogP contribution in [0.25, 0.3) is 0 Å². The molecule has 0 aromatic carbocycles. The molecule has 0 radical (unpaired) electrons. The summed E-state index contributed by atoms with van der Waals surface area (Å²) in [4.78, 5) is 17.5. The molecule has 0 unspecified atom stereocenters. The van der Waals surface area contributed by atoms with Crippen molar-refractivity contribution in [1.29, 1.82) is 0 Å². The van der Waals surface area contributed by atoms with Gasteiger partial charge in [-0.2, -0.15) is 4.31 Å². The summed E-state index contributed by atoms with van der Waals surface area (Å²) in [7, 11) is -3.51. The summed E-state index contributed by atoms with van der Waals surface area (Å²) in [6.07, 6.45) is 4.67. The number of nitrogens with zero attached hydrogens (tertiary/aromatic N) is 4. The largest absolute Gasteiger partial charge is 0.369 e. The van der Waals surface area contributed by atoms with Gasteiger partial charge in [-0.25, -0.2) is 13.4 Å². The molecule has 1 amide bonds. The van der Waals surface area contributed by atoms with Gasteiger partial charge in [0.25, 0.3) is 10.0 Å². The van der Waals surface area contributed by atoms with Crippen molar-refractivity contribution in [1.82, 2.24) is 18.8 Å². The van der Waals surface area contributed by atoms with Gasteiger partial charge in [0.2, 0.25) is 5.91 Å². The maximum atomic E-state index is 12.6. The predicted molar refractivity (Wildman–Crippen MR) is 88.7 cm³/mol. The van der Waals surface area contributed by atoms with Crippen LogP contribution in [0.5, 0.6) is 0 Å². The zero-order chi connectivity index (χ0) is 17.5.